The Morgan fingerprint density at radius 3 is 2.43 bits per heavy atom. The van der Waals surface area contributed by atoms with E-state index in [0.29, 0.717) is 12.0 Å². The lowest BCUT2D eigenvalue weighted by atomic mass is 9.78. The molecule has 2 N–H and O–H groups in total. The van der Waals surface area contributed by atoms with Gasteiger partial charge in [-0.1, -0.05) is 43.2 Å². The van der Waals surface area contributed by atoms with Crippen molar-refractivity contribution in [1.29, 1.82) is 5.26 Å². The number of nitrogens with two attached hydrogens (primary N) is 1. The Bertz CT molecular complexity index is 497. The van der Waals surface area contributed by atoms with Gasteiger partial charge in [-0.05, 0) is 37.2 Å². The van der Waals surface area contributed by atoms with Crippen LogP contribution in [-0.4, -0.2) is 29.6 Å². The first-order valence-electron chi connectivity index (χ1n) is 8.21. The van der Waals surface area contributed by atoms with Gasteiger partial charge in [-0.25, -0.2) is 0 Å². The summed E-state index contributed by atoms with van der Waals surface area (Å²) in [6, 6.07) is 13.9. The third-order valence-corrected chi connectivity index (χ3v) is 5.34. The molecule has 1 aliphatic heterocycles. The zero-order valence-electron chi connectivity index (χ0n) is 12.7. The highest BCUT2D eigenvalue weighted by atomic mass is 15.2. The van der Waals surface area contributed by atoms with Crippen LogP contribution in [0.2, 0.25) is 0 Å². The van der Waals surface area contributed by atoms with Crippen molar-refractivity contribution in [3.05, 3.63) is 35.9 Å². The maximum Gasteiger partial charge on any atom is 0.106 e. The van der Waals surface area contributed by atoms with Crippen molar-refractivity contribution >= 4 is 0 Å². The van der Waals surface area contributed by atoms with Gasteiger partial charge in [0.25, 0.3) is 0 Å². The fourth-order valence-electron chi connectivity index (χ4n) is 4.00. The molecule has 1 saturated carbocycles. The summed E-state index contributed by atoms with van der Waals surface area (Å²) < 4.78 is 0. The maximum absolute atomic E-state index is 9.18. The van der Waals surface area contributed by atoms with E-state index in [1.54, 1.807) is 0 Å². The van der Waals surface area contributed by atoms with E-state index in [1.165, 1.54) is 31.2 Å². The SMILES string of the molecule is N#CC1(N)CCN([C@@H]2CCCC[C@@H]2c2ccccc2)CC1. The molecule has 3 nitrogen and oxygen atoms in total. The van der Waals surface area contributed by atoms with Crippen molar-refractivity contribution < 1.29 is 0 Å². The number of benzene rings is 1. The van der Waals surface area contributed by atoms with E-state index in [0.717, 1.165) is 25.9 Å². The number of rotatable bonds is 2. The molecule has 0 amide bonds. The van der Waals surface area contributed by atoms with Crippen LogP contribution in [0.5, 0.6) is 0 Å². The quantitative estimate of drug-likeness (QED) is 0.907. The molecule has 21 heavy (non-hydrogen) atoms. The summed E-state index contributed by atoms with van der Waals surface area (Å²) in [5.41, 5.74) is 7.00. The Labute approximate surface area is 127 Å². The molecule has 0 bridgehead atoms. The lowest BCUT2D eigenvalue weighted by Gasteiger charge is -2.44. The fourth-order valence-corrected chi connectivity index (χ4v) is 4.00. The lowest BCUT2D eigenvalue weighted by molar-refractivity contribution is 0.0946. The van der Waals surface area contributed by atoms with Crippen LogP contribution in [0, 0.1) is 11.3 Å². The van der Waals surface area contributed by atoms with Crippen LogP contribution in [0.25, 0.3) is 0 Å². The molecule has 0 radical (unpaired) electrons. The van der Waals surface area contributed by atoms with Gasteiger partial charge in [0, 0.05) is 19.1 Å². The van der Waals surface area contributed by atoms with E-state index in [2.05, 4.69) is 41.3 Å². The summed E-state index contributed by atoms with van der Waals surface area (Å²) >= 11 is 0. The maximum atomic E-state index is 9.18. The van der Waals surface area contributed by atoms with Crippen molar-refractivity contribution in [2.24, 2.45) is 5.73 Å². The second-order valence-electron chi connectivity index (χ2n) is 6.67. The van der Waals surface area contributed by atoms with Crippen LogP contribution in [0.1, 0.15) is 50.0 Å². The molecule has 1 aromatic carbocycles. The van der Waals surface area contributed by atoms with Crippen LogP contribution in [-0.2, 0) is 0 Å². The molecule has 1 saturated heterocycles. The molecule has 3 rings (SSSR count). The lowest BCUT2D eigenvalue weighted by Crippen LogP contribution is -2.53. The normalized spacial score (nSPS) is 29.7. The summed E-state index contributed by atoms with van der Waals surface area (Å²) in [7, 11) is 0. The summed E-state index contributed by atoms with van der Waals surface area (Å²) in [6.07, 6.45) is 6.85. The topological polar surface area (TPSA) is 53.1 Å². The smallest absolute Gasteiger partial charge is 0.106 e. The molecule has 2 fully saturated rings. The molecule has 1 aliphatic carbocycles. The number of nitrogens with zero attached hydrogens (tertiary/aromatic N) is 2. The highest BCUT2D eigenvalue weighted by Crippen LogP contribution is 2.37. The molecule has 1 heterocycles. The summed E-state index contributed by atoms with van der Waals surface area (Å²) in [5.74, 6) is 0.646. The highest BCUT2D eigenvalue weighted by Gasteiger charge is 2.37. The van der Waals surface area contributed by atoms with Crippen molar-refractivity contribution in [2.45, 2.75) is 56.0 Å². The average molecular weight is 283 g/mol. The number of nitriles is 1. The molecule has 0 unspecified atom stereocenters. The van der Waals surface area contributed by atoms with Gasteiger partial charge in [0.15, 0.2) is 0 Å². The number of piperidine rings is 1. The Balaban J connectivity index is 1.73. The second-order valence-corrected chi connectivity index (χ2v) is 6.67. The van der Waals surface area contributed by atoms with Gasteiger partial charge in [0.2, 0.25) is 0 Å². The molecule has 3 heteroatoms. The standard InChI is InChI=1S/C18H25N3/c19-14-18(20)10-12-21(13-11-18)17-9-5-4-8-16(17)15-6-2-1-3-7-15/h1-3,6-7,16-17H,4-5,8-13,20H2/t16-,17-/m1/s1. The van der Waals surface area contributed by atoms with Crippen molar-refractivity contribution in [3.8, 4) is 6.07 Å². The van der Waals surface area contributed by atoms with Crippen molar-refractivity contribution in [1.82, 2.24) is 4.90 Å². The Kier molecular flexibility index (Phi) is 4.28. The largest absolute Gasteiger partial charge is 0.313 e. The monoisotopic (exact) mass is 283 g/mol. The van der Waals surface area contributed by atoms with Gasteiger partial charge in [-0.3, -0.25) is 4.90 Å². The molecule has 1 aromatic rings. The zero-order chi connectivity index (χ0) is 14.7. The predicted octanol–water partition coefficient (Wildman–Crippen LogP) is 3.03. The third-order valence-electron chi connectivity index (χ3n) is 5.34. The Morgan fingerprint density at radius 2 is 1.76 bits per heavy atom. The van der Waals surface area contributed by atoms with E-state index in [1.807, 2.05) is 0 Å². The van der Waals surface area contributed by atoms with E-state index >= 15 is 0 Å². The highest BCUT2D eigenvalue weighted by molar-refractivity contribution is 5.22. The molecule has 2 atom stereocenters. The van der Waals surface area contributed by atoms with Gasteiger partial charge >= 0.3 is 0 Å². The first-order chi connectivity index (χ1) is 10.2. The summed E-state index contributed by atoms with van der Waals surface area (Å²) in [5, 5.41) is 9.18. The van der Waals surface area contributed by atoms with Gasteiger partial charge in [-0.2, -0.15) is 5.26 Å². The zero-order valence-corrected chi connectivity index (χ0v) is 12.7. The minimum absolute atomic E-state index is 0.590. The predicted molar refractivity (Wildman–Crippen MR) is 84.8 cm³/mol. The van der Waals surface area contributed by atoms with Crippen molar-refractivity contribution in [2.75, 3.05) is 13.1 Å². The third kappa shape index (κ3) is 3.12. The van der Waals surface area contributed by atoms with Crippen molar-refractivity contribution in [3.63, 3.8) is 0 Å². The van der Waals surface area contributed by atoms with E-state index in [4.69, 9.17) is 5.73 Å². The van der Waals surface area contributed by atoms with Gasteiger partial charge in [0.1, 0.15) is 5.54 Å². The molecule has 0 aromatic heterocycles. The first kappa shape index (κ1) is 14.6. The Hall–Kier alpha value is -1.37. The van der Waals surface area contributed by atoms with E-state index < -0.39 is 5.54 Å². The molecular formula is C18H25N3. The number of hydrogen-bond acceptors (Lipinski definition) is 3. The fraction of sp³-hybridized carbons (Fsp3) is 0.611. The van der Waals surface area contributed by atoms with Crippen LogP contribution < -0.4 is 5.73 Å². The minimum Gasteiger partial charge on any atom is -0.313 e. The van der Waals surface area contributed by atoms with Crippen LogP contribution in [0.4, 0.5) is 0 Å². The van der Waals surface area contributed by atoms with Gasteiger partial charge in [-0.15, -0.1) is 0 Å². The second kappa shape index (κ2) is 6.17. The summed E-state index contributed by atoms with van der Waals surface area (Å²) in [6.45, 7) is 1.94. The van der Waals surface area contributed by atoms with Crippen LogP contribution >= 0.6 is 0 Å². The summed E-state index contributed by atoms with van der Waals surface area (Å²) in [4.78, 5) is 2.60. The number of hydrogen-bond donors (Lipinski definition) is 1. The van der Waals surface area contributed by atoms with Gasteiger partial charge < -0.3 is 5.73 Å². The number of likely N-dealkylation sites (tertiary alicyclic amines) is 1. The average Bonchev–Trinajstić information content (AvgIpc) is 2.56. The first-order valence-corrected chi connectivity index (χ1v) is 8.21. The van der Waals surface area contributed by atoms with Gasteiger partial charge in [0.05, 0.1) is 6.07 Å². The molecular weight excluding hydrogens is 258 g/mol. The van der Waals surface area contributed by atoms with Crippen LogP contribution in [0.3, 0.4) is 0 Å². The minimum atomic E-state index is -0.590. The Morgan fingerprint density at radius 1 is 1.10 bits per heavy atom. The molecule has 112 valence electrons. The van der Waals surface area contributed by atoms with Crippen LogP contribution in [0.15, 0.2) is 30.3 Å². The molecule has 2 aliphatic rings. The van der Waals surface area contributed by atoms with E-state index in [9.17, 15) is 5.26 Å². The van der Waals surface area contributed by atoms with E-state index in [-0.39, 0.29) is 0 Å². The molecule has 0 spiro atoms.